The second-order valence-electron chi connectivity index (χ2n) is 3.65. The lowest BCUT2D eigenvalue weighted by Crippen LogP contribution is -2.26. The van der Waals surface area contributed by atoms with Gasteiger partial charge in [-0.3, -0.25) is 0 Å². The summed E-state index contributed by atoms with van der Waals surface area (Å²) in [5.74, 6) is 1.66. The fourth-order valence-electron chi connectivity index (χ4n) is 2.27. The van der Waals surface area contributed by atoms with Gasteiger partial charge < -0.3 is 10.4 Å². The quantitative estimate of drug-likeness (QED) is 0.574. The van der Waals surface area contributed by atoms with Crippen molar-refractivity contribution in [3.05, 3.63) is 0 Å². The standard InChI is InChI=1S/C8H15NO.ClH/c10-8-2-1-6-4-9-5-7(6)3-8;/h6-10H,1-5H2;1H/t6-,7+,8-;/m0./s1. The van der Waals surface area contributed by atoms with E-state index >= 15 is 0 Å². The molecule has 0 spiro atoms. The predicted octanol–water partition coefficient (Wildman–Crippen LogP) is 0.789. The molecule has 2 N–H and O–H groups in total. The van der Waals surface area contributed by atoms with Gasteiger partial charge in [-0.05, 0) is 44.2 Å². The van der Waals surface area contributed by atoms with Crippen LogP contribution in [0.15, 0.2) is 0 Å². The van der Waals surface area contributed by atoms with Crippen molar-refractivity contribution in [2.45, 2.75) is 25.4 Å². The first kappa shape index (κ1) is 9.30. The van der Waals surface area contributed by atoms with E-state index in [1.54, 1.807) is 0 Å². The molecule has 2 fully saturated rings. The van der Waals surface area contributed by atoms with Gasteiger partial charge in [-0.2, -0.15) is 0 Å². The normalized spacial score (nSPS) is 42.8. The molecular weight excluding hydrogens is 162 g/mol. The van der Waals surface area contributed by atoms with E-state index in [1.807, 2.05) is 0 Å². The molecule has 1 heterocycles. The van der Waals surface area contributed by atoms with Crippen molar-refractivity contribution in [1.82, 2.24) is 5.32 Å². The smallest absolute Gasteiger partial charge is 0.0543 e. The van der Waals surface area contributed by atoms with Gasteiger partial charge in [0.15, 0.2) is 0 Å². The number of nitrogens with one attached hydrogen (secondary N) is 1. The molecule has 2 aliphatic rings. The summed E-state index contributed by atoms with van der Waals surface area (Å²) in [5.41, 5.74) is 0. The van der Waals surface area contributed by atoms with Crippen LogP contribution >= 0.6 is 12.4 Å². The van der Waals surface area contributed by atoms with Gasteiger partial charge in [0, 0.05) is 0 Å². The molecule has 1 saturated carbocycles. The summed E-state index contributed by atoms with van der Waals surface area (Å²) in [5, 5.41) is 12.7. The van der Waals surface area contributed by atoms with Gasteiger partial charge in [0.1, 0.15) is 0 Å². The average Bonchev–Trinajstić information content (AvgIpc) is 2.33. The molecule has 0 amide bonds. The maximum absolute atomic E-state index is 9.33. The third-order valence-corrected chi connectivity index (χ3v) is 2.93. The van der Waals surface area contributed by atoms with E-state index in [4.69, 9.17) is 0 Å². The molecule has 1 aliphatic heterocycles. The molecule has 2 rings (SSSR count). The number of aliphatic hydroxyl groups is 1. The highest BCUT2D eigenvalue weighted by Gasteiger charge is 2.32. The Kier molecular flexibility index (Phi) is 3.16. The summed E-state index contributed by atoms with van der Waals surface area (Å²) in [6.07, 6.45) is 3.31. The molecule has 0 aromatic heterocycles. The molecule has 0 aromatic rings. The van der Waals surface area contributed by atoms with Gasteiger partial charge in [-0.1, -0.05) is 0 Å². The SMILES string of the molecule is Cl.O[C@H]1CC[C@H]2CNC[C@H]2C1. The Labute approximate surface area is 73.8 Å². The summed E-state index contributed by atoms with van der Waals surface area (Å²) in [7, 11) is 0. The largest absolute Gasteiger partial charge is 0.393 e. The number of halogens is 1. The molecular formula is C8H16ClNO. The maximum atomic E-state index is 9.33. The van der Waals surface area contributed by atoms with Crippen LogP contribution in [0, 0.1) is 11.8 Å². The monoisotopic (exact) mass is 177 g/mol. The van der Waals surface area contributed by atoms with Crippen LogP contribution in [0.4, 0.5) is 0 Å². The van der Waals surface area contributed by atoms with Gasteiger partial charge in [-0.15, -0.1) is 12.4 Å². The number of rotatable bonds is 0. The molecule has 0 unspecified atom stereocenters. The lowest BCUT2D eigenvalue weighted by atomic mass is 9.80. The Hall–Kier alpha value is 0.210. The van der Waals surface area contributed by atoms with Crippen LogP contribution in [0.3, 0.4) is 0 Å². The zero-order valence-electron chi connectivity index (χ0n) is 6.62. The molecule has 11 heavy (non-hydrogen) atoms. The predicted molar refractivity (Wildman–Crippen MR) is 47.0 cm³/mol. The van der Waals surface area contributed by atoms with Crippen LogP contribution in [0.25, 0.3) is 0 Å². The second-order valence-corrected chi connectivity index (χ2v) is 3.65. The summed E-state index contributed by atoms with van der Waals surface area (Å²) < 4.78 is 0. The third-order valence-electron chi connectivity index (χ3n) is 2.93. The first-order valence-corrected chi connectivity index (χ1v) is 4.25. The number of aliphatic hydroxyl groups excluding tert-OH is 1. The Morgan fingerprint density at radius 2 is 1.82 bits per heavy atom. The zero-order valence-corrected chi connectivity index (χ0v) is 7.44. The number of hydrogen-bond acceptors (Lipinski definition) is 2. The highest BCUT2D eigenvalue weighted by atomic mass is 35.5. The van der Waals surface area contributed by atoms with Crippen LogP contribution in [0.5, 0.6) is 0 Å². The van der Waals surface area contributed by atoms with Crippen molar-refractivity contribution in [1.29, 1.82) is 0 Å². The van der Waals surface area contributed by atoms with Crippen molar-refractivity contribution < 1.29 is 5.11 Å². The van der Waals surface area contributed by atoms with Gasteiger partial charge in [0.2, 0.25) is 0 Å². The molecule has 3 atom stereocenters. The van der Waals surface area contributed by atoms with Gasteiger partial charge in [0.25, 0.3) is 0 Å². The van der Waals surface area contributed by atoms with Crippen molar-refractivity contribution in [3.8, 4) is 0 Å². The van der Waals surface area contributed by atoms with Crippen LogP contribution < -0.4 is 5.32 Å². The molecule has 1 aliphatic carbocycles. The van der Waals surface area contributed by atoms with Crippen molar-refractivity contribution in [2.24, 2.45) is 11.8 Å². The molecule has 0 radical (unpaired) electrons. The highest BCUT2D eigenvalue weighted by molar-refractivity contribution is 5.85. The zero-order chi connectivity index (χ0) is 6.97. The first-order chi connectivity index (χ1) is 4.86. The average molecular weight is 178 g/mol. The lowest BCUT2D eigenvalue weighted by Gasteiger charge is -2.27. The van der Waals surface area contributed by atoms with Crippen LogP contribution in [0.1, 0.15) is 19.3 Å². The Morgan fingerprint density at radius 3 is 2.64 bits per heavy atom. The minimum absolute atomic E-state index is 0. The molecule has 0 bridgehead atoms. The molecule has 66 valence electrons. The first-order valence-electron chi connectivity index (χ1n) is 4.25. The van der Waals surface area contributed by atoms with E-state index in [1.165, 1.54) is 13.0 Å². The summed E-state index contributed by atoms with van der Waals surface area (Å²) in [6.45, 7) is 2.33. The molecule has 2 nitrogen and oxygen atoms in total. The lowest BCUT2D eigenvalue weighted by molar-refractivity contribution is 0.0867. The maximum Gasteiger partial charge on any atom is 0.0543 e. The van der Waals surface area contributed by atoms with Crippen molar-refractivity contribution >= 4 is 12.4 Å². The molecule has 1 saturated heterocycles. The molecule has 0 aromatic carbocycles. The van der Waals surface area contributed by atoms with Crippen LogP contribution in [-0.2, 0) is 0 Å². The van der Waals surface area contributed by atoms with E-state index in [-0.39, 0.29) is 18.5 Å². The Bertz CT molecular complexity index is 131. The minimum Gasteiger partial charge on any atom is -0.393 e. The fraction of sp³-hybridized carbons (Fsp3) is 1.00. The number of fused-ring (bicyclic) bond motifs is 1. The Balaban J connectivity index is 0.000000605. The minimum atomic E-state index is 0. The van der Waals surface area contributed by atoms with E-state index in [2.05, 4.69) is 5.32 Å². The number of hydrogen-bond donors (Lipinski definition) is 2. The topological polar surface area (TPSA) is 32.3 Å². The van der Waals surface area contributed by atoms with Crippen molar-refractivity contribution in [3.63, 3.8) is 0 Å². The highest BCUT2D eigenvalue weighted by Crippen LogP contribution is 2.32. The van der Waals surface area contributed by atoms with E-state index in [0.717, 1.165) is 31.2 Å². The van der Waals surface area contributed by atoms with E-state index in [9.17, 15) is 5.11 Å². The van der Waals surface area contributed by atoms with Crippen LogP contribution in [0.2, 0.25) is 0 Å². The third kappa shape index (κ3) is 1.86. The van der Waals surface area contributed by atoms with Gasteiger partial charge in [0.05, 0.1) is 6.10 Å². The van der Waals surface area contributed by atoms with Crippen molar-refractivity contribution in [2.75, 3.05) is 13.1 Å². The Morgan fingerprint density at radius 1 is 1.09 bits per heavy atom. The van der Waals surface area contributed by atoms with Crippen LogP contribution in [-0.4, -0.2) is 24.3 Å². The molecule has 3 heteroatoms. The van der Waals surface area contributed by atoms with E-state index in [0.29, 0.717) is 0 Å². The summed E-state index contributed by atoms with van der Waals surface area (Å²) in [4.78, 5) is 0. The van der Waals surface area contributed by atoms with E-state index < -0.39 is 0 Å². The summed E-state index contributed by atoms with van der Waals surface area (Å²) >= 11 is 0. The summed E-state index contributed by atoms with van der Waals surface area (Å²) in [6, 6.07) is 0. The second kappa shape index (κ2) is 3.74. The van der Waals surface area contributed by atoms with Gasteiger partial charge >= 0.3 is 0 Å². The fourth-order valence-corrected chi connectivity index (χ4v) is 2.27. The van der Waals surface area contributed by atoms with Gasteiger partial charge in [-0.25, -0.2) is 0 Å².